The van der Waals surface area contributed by atoms with E-state index in [2.05, 4.69) is 5.32 Å². The van der Waals surface area contributed by atoms with Crippen molar-refractivity contribution in [3.63, 3.8) is 0 Å². The van der Waals surface area contributed by atoms with E-state index in [0.29, 0.717) is 10.7 Å². The van der Waals surface area contributed by atoms with E-state index >= 15 is 0 Å². The molecule has 0 saturated carbocycles. The molecule has 0 unspecified atom stereocenters. The number of benzene rings is 2. The van der Waals surface area contributed by atoms with E-state index in [1.165, 1.54) is 19.2 Å². The summed E-state index contributed by atoms with van der Waals surface area (Å²) in [6, 6.07) is 10.9. The van der Waals surface area contributed by atoms with Crippen LogP contribution in [0.5, 0.6) is 0 Å². The van der Waals surface area contributed by atoms with Gasteiger partial charge in [-0.3, -0.25) is 9.10 Å². The van der Waals surface area contributed by atoms with E-state index < -0.39 is 15.9 Å². The Bertz CT molecular complexity index is 998. The number of nitrogens with one attached hydrogen (secondary N) is 1. The van der Waals surface area contributed by atoms with Crippen LogP contribution in [-0.2, 0) is 14.8 Å². The van der Waals surface area contributed by atoms with Gasteiger partial charge >= 0.3 is 0 Å². The first-order chi connectivity index (χ1) is 11.7. The van der Waals surface area contributed by atoms with E-state index in [1.807, 2.05) is 0 Å². The van der Waals surface area contributed by atoms with Crippen molar-refractivity contribution in [1.29, 1.82) is 0 Å². The number of carbonyl (C=O) groups is 1. The molecule has 25 heavy (non-hydrogen) atoms. The van der Waals surface area contributed by atoms with Gasteiger partial charge in [0.15, 0.2) is 11.5 Å². The number of aryl methyl sites for hydroxylation is 1. The van der Waals surface area contributed by atoms with Crippen LogP contribution in [0.1, 0.15) is 11.1 Å². The van der Waals surface area contributed by atoms with E-state index in [0.717, 1.165) is 9.87 Å². The molecule has 6 nitrogen and oxygen atoms in total. The van der Waals surface area contributed by atoms with Crippen molar-refractivity contribution in [2.24, 2.45) is 0 Å². The SMILES string of the molecule is Cc1ccc2c(c1)C(O)=C(C(=O)Nc1ccc(Cl)cc1)N(C)S2(=O)=O. The minimum absolute atomic E-state index is 0.0406. The average molecular weight is 379 g/mol. The molecule has 2 aromatic carbocycles. The van der Waals surface area contributed by atoms with Crippen molar-refractivity contribution in [1.82, 2.24) is 4.31 Å². The topological polar surface area (TPSA) is 86.7 Å². The highest BCUT2D eigenvalue weighted by molar-refractivity contribution is 7.89. The van der Waals surface area contributed by atoms with Gasteiger partial charge in [-0.1, -0.05) is 23.2 Å². The zero-order valence-corrected chi connectivity index (χ0v) is 15.0. The van der Waals surface area contributed by atoms with Crippen LogP contribution in [0.25, 0.3) is 5.76 Å². The molecule has 0 spiro atoms. The van der Waals surface area contributed by atoms with E-state index in [4.69, 9.17) is 11.6 Å². The second-order valence-corrected chi connectivity index (χ2v) is 8.00. The number of fused-ring (bicyclic) bond motifs is 1. The van der Waals surface area contributed by atoms with Crippen molar-refractivity contribution in [2.45, 2.75) is 11.8 Å². The summed E-state index contributed by atoms with van der Waals surface area (Å²) in [6.45, 7) is 1.77. The zero-order valence-electron chi connectivity index (χ0n) is 13.4. The van der Waals surface area contributed by atoms with Crippen LogP contribution in [0, 0.1) is 6.92 Å². The molecule has 1 aliphatic rings. The highest BCUT2D eigenvalue weighted by atomic mass is 35.5. The standard InChI is InChI=1S/C17H15ClN2O4S/c1-10-3-8-14-13(9-10)16(21)15(20(2)25(14,23)24)17(22)19-12-6-4-11(18)5-7-12/h3-9,21H,1-2H3,(H,19,22). The van der Waals surface area contributed by atoms with Gasteiger partial charge in [0.25, 0.3) is 15.9 Å². The Labute approximate surface area is 150 Å². The number of aliphatic hydroxyl groups is 1. The molecule has 0 aromatic heterocycles. The molecule has 3 rings (SSSR count). The second kappa shape index (κ2) is 6.09. The highest BCUT2D eigenvalue weighted by Gasteiger charge is 2.37. The maximum Gasteiger partial charge on any atom is 0.276 e. The summed E-state index contributed by atoms with van der Waals surface area (Å²) >= 11 is 5.80. The first-order valence-electron chi connectivity index (χ1n) is 7.32. The van der Waals surface area contributed by atoms with Crippen LogP contribution >= 0.6 is 11.6 Å². The number of hydrogen-bond donors (Lipinski definition) is 2. The van der Waals surface area contributed by atoms with Gasteiger partial charge in [0.1, 0.15) is 0 Å². The van der Waals surface area contributed by atoms with Crippen molar-refractivity contribution in [3.8, 4) is 0 Å². The van der Waals surface area contributed by atoms with Crippen LogP contribution in [0.3, 0.4) is 0 Å². The average Bonchev–Trinajstić information content (AvgIpc) is 2.55. The number of carbonyl (C=O) groups excluding carboxylic acids is 1. The number of anilines is 1. The number of sulfonamides is 1. The fraction of sp³-hybridized carbons (Fsp3) is 0.118. The van der Waals surface area contributed by atoms with Crippen molar-refractivity contribution in [2.75, 3.05) is 12.4 Å². The summed E-state index contributed by atoms with van der Waals surface area (Å²) in [6.07, 6.45) is 0. The monoisotopic (exact) mass is 378 g/mol. The fourth-order valence-corrected chi connectivity index (χ4v) is 4.08. The molecule has 2 aromatic rings. The summed E-state index contributed by atoms with van der Waals surface area (Å²) < 4.78 is 26.1. The van der Waals surface area contributed by atoms with Gasteiger partial charge < -0.3 is 10.4 Å². The smallest absolute Gasteiger partial charge is 0.276 e. The van der Waals surface area contributed by atoms with Crippen LogP contribution in [0.15, 0.2) is 53.1 Å². The lowest BCUT2D eigenvalue weighted by Gasteiger charge is -2.28. The summed E-state index contributed by atoms with van der Waals surface area (Å²) in [5.41, 5.74) is 0.963. The predicted molar refractivity (Wildman–Crippen MR) is 95.8 cm³/mol. The van der Waals surface area contributed by atoms with E-state index in [1.54, 1.807) is 37.3 Å². The van der Waals surface area contributed by atoms with Crippen molar-refractivity contribution >= 4 is 39.0 Å². The molecule has 1 heterocycles. The fourth-order valence-electron chi connectivity index (χ4n) is 2.57. The molecule has 1 aliphatic heterocycles. The van der Waals surface area contributed by atoms with Gasteiger partial charge in [0, 0.05) is 23.3 Å². The van der Waals surface area contributed by atoms with Gasteiger partial charge in [-0.05, 0) is 43.3 Å². The molecule has 0 atom stereocenters. The number of hydrogen-bond acceptors (Lipinski definition) is 4. The molecule has 8 heteroatoms. The second-order valence-electron chi connectivity index (χ2n) is 5.63. The van der Waals surface area contributed by atoms with Crippen LogP contribution < -0.4 is 5.32 Å². The van der Waals surface area contributed by atoms with Gasteiger partial charge in [-0.2, -0.15) is 0 Å². The normalized spacial score (nSPS) is 15.7. The van der Waals surface area contributed by atoms with Crippen molar-refractivity contribution in [3.05, 3.63) is 64.3 Å². The van der Waals surface area contributed by atoms with Gasteiger partial charge in [-0.25, -0.2) is 8.42 Å². The van der Waals surface area contributed by atoms with Crippen LogP contribution in [0.2, 0.25) is 5.02 Å². The molecular weight excluding hydrogens is 364 g/mol. The molecule has 130 valence electrons. The minimum atomic E-state index is -3.93. The number of aliphatic hydroxyl groups excluding tert-OH is 1. The summed E-state index contributed by atoms with van der Waals surface area (Å²) in [5.74, 6) is -1.12. The van der Waals surface area contributed by atoms with E-state index in [-0.39, 0.29) is 21.9 Å². The number of nitrogens with zero attached hydrogens (tertiary/aromatic N) is 1. The lowest BCUT2D eigenvalue weighted by Crippen LogP contribution is -2.37. The molecule has 1 amide bonds. The summed E-state index contributed by atoms with van der Waals surface area (Å²) in [5, 5.41) is 13.6. The van der Waals surface area contributed by atoms with E-state index in [9.17, 15) is 18.3 Å². The van der Waals surface area contributed by atoms with Gasteiger partial charge in [0.2, 0.25) is 0 Å². The molecule has 2 N–H and O–H groups in total. The first kappa shape index (κ1) is 17.3. The molecular formula is C17H15ClN2O4S. The molecule has 0 aliphatic carbocycles. The zero-order chi connectivity index (χ0) is 18.4. The quantitative estimate of drug-likeness (QED) is 0.840. The van der Waals surface area contributed by atoms with Crippen LogP contribution in [0.4, 0.5) is 5.69 Å². The Balaban J connectivity index is 2.09. The first-order valence-corrected chi connectivity index (χ1v) is 9.13. The molecule has 0 radical (unpaired) electrons. The van der Waals surface area contributed by atoms with Gasteiger partial charge in [-0.15, -0.1) is 0 Å². The Morgan fingerprint density at radius 2 is 1.80 bits per heavy atom. The highest BCUT2D eigenvalue weighted by Crippen LogP contribution is 2.35. The largest absolute Gasteiger partial charge is 0.505 e. The number of halogens is 1. The maximum atomic E-state index is 12.7. The maximum absolute atomic E-state index is 12.7. The predicted octanol–water partition coefficient (Wildman–Crippen LogP) is 3.15. The Morgan fingerprint density at radius 3 is 2.44 bits per heavy atom. The number of rotatable bonds is 2. The lowest BCUT2D eigenvalue weighted by atomic mass is 10.1. The molecule has 0 fully saturated rings. The third kappa shape index (κ3) is 2.96. The Kier molecular flexibility index (Phi) is 4.22. The summed E-state index contributed by atoms with van der Waals surface area (Å²) in [4.78, 5) is 12.5. The Hall–Kier alpha value is -2.51. The van der Waals surface area contributed by atoms with Crippen molar-refractivity contribution < 1.29 is 18.3 Å². The minimum Gasteiger partial charge on any atom is -0.505 e. The van der Waals surface area contributed by atoms with Gasteiger partial charge in [0.05, 0.1) is 4.90 Å². The number of likely N-dealkylation sites (N-methyl/N-ethyl adjacent to an activating group) is 1. The van der Waals surface area contributed by atoms with Crippen LogP contribution in [-0.4, -0.2) is 30.8 Å². The molecule has 0 saturated heterocycles. The number of amides is 1. The lowest BCUT2D eigenvalue weighted by molar-refractivity contribution is -0.113. The molecule has 0 bridgehead atoms. The third-order valence-corrected chi connectivity index (χ3v) is 5.95. The third-order valence-electron chi connectivity index (χ3n) is 3.88. The summed E-state index contributed by atoms with van der Waals surface area (Å²) in [7, 11) is -2.70. The Morgan fingerprint density at radius 1 is 1.16 bits per heavy atom.